The molecular weight excluding hydrogens is 544 g/mol. The first-order chi connectivity index (χ1) is 20.0. The number of cyclic esters (lactones) is 1. The van der Waals surface area contributed by atoms with Gasteiger partial charge in [-0.25, -0.2) is 0 Å². The number of esters is 1. The first-order valence-corrected chi connectivity index (χ1v) is 14.8. The summed E-state index contributed by atoms with van der Waals surface area (Å²) in [7, 11) is 4.63. The average molecular weight is 595 g/mol. The highest BCUT2D eigenvalue weighted by Crippen LogP contribution is 2.40. The van der Waals surface area contributed by atoms with E-state index in [-0.39, 0.29) is 24.9 Å². The van der Waals surface area contributed by atoms with E-state index in [4.69, 9.17) is 33.2 Å². The largest absolute Gasteiger partial charge is 0.458 e. The van der Waals surface area contributed by atoms with Gasteiger partial charge in [0, 0.05) is 46.5 Å². The fourth-order valence-electron chi connectivity index (χ4n) is 5.84. The molecule has 0 aromatic carbocycles. The molecule has 2 saturated heterocycles. The Morgan fingerprint density at radius 3 is 2.52 bits per heavy atom. The first-order valence-electron chi connectivity index (χ1n) is 14.8. The molecule has 42 heavy (non-hydrogen) atoms. The number of allylic oxidation sites excluding steroid dienone is 4. The second-order valence-electron chi connectivity index (χ2n) is 11.6. The van der Waals surface area contributed by atoms with Crippen LogP contribution in [0.3, 0.4) is 0 Å². The van der Waals surface area contributed by atoms with Crippen molar-refractivity contribution in [2.45, 2.75) is 120 Å². The molecule has 2 bridgehead atoms. The van der Waals surface area contributed by atoms with E-state index >= 15 is 0 Å². The number of carbonyl (C=O) groups is 1. The number of aliphatic hydroxyl groups excluding tert-OH is 1. The first kappa shape index (κ1) is 34.6. The molecule has 0 aromatic heterocycles. The van der Waals surface area contributed by atoms with Gasteiger partial charge in [0.25, 0.3) is 0 Å². The van der Waals surface area contributed by atoms with Gasteiger partial charge in [-0.2, -0.15) is 0 Å². The molecule has 0 aliphatic carbocycles. The molecule has 0 unspecified atom stereocenters. The summed E-state index contributed by atoms with van der Waals surface area (Å²) >= 11 is 0. The van der Waals surface area contributed by atoms with Crippen molar-refractivity contribution in [2.75, 3.05) is 21.3 Å². The standard InChI is InChI=1S/C32H50O10/c1-8-9-10-11-12-13-14-23-15-20(2)16-24(36-5)17-25-21(3)26(18-32(35,42-25)19-27(33)40-23)41-31-30(38-7)29(37-6)28(34)22(4)39-31/h8,11-14,16,21-26,28-31,34-35H,1,9-10,15,17-19H2,2-7H3/b12-11+,14-13+,20-16+/t21-,22+,23+,24-,25+,26+,28+,29-,30-,31+,32+/m1/s1. The number of ether oxygens (including phenoxy) is 7. The van der Waals surface area contributed by atoms with Gasteiger partial charge in [-0.3, -0.25) is 4.79 Å². The van der Waals surface area contributed by atoms with E-state index in [0.717, 1.165) is 18.4 Å². The Balaban J connectivity index is 1.85. The van der Waals surface area contributed by atoms with Crippen LogP contribution in [0.15, 0.2) is 48.6 Å². The SMILES string of the molecule is C=CCC/C=C/C=C/[C@H]1C/C(C)=C/[C@@H](OC)C[C@@H]2O[C@](O)(CC(=O)O1)C[C@H](O[C@@H]1O[C@@H](C)[C@H](O)[C@@H](OC)[C@H]1OC)[C@@H]2C. The van der Waals surface area contributed by atoms with Gasteiger partial charge in [0.05, 0.1) is 30.8 Å². The van der Waals surface area contributed by atoms with E-state index in [2.05, 4.69) is 6.58 Å². The van der Waals surface area contributed by atoms with Crippen LogP contribution in [0.25, 0.3) is 0 Å². The quantitative estimate of drug-likeness (QED) is 0.167. The number of aliphatic hydroxyl groups is 2. The van der Waals surface area contributed by atoms with E-state index < -0.39 is 60.8 Å². The predicted molar refractivity (Wildman–Crippen MR) is 156 cm³/mol. The zero-order valence-electron chi connectivity index (χ0n) is 25.8. The summed E-state index contributed by atoms with van der Waals surface area (Å²) in [5, 5.41) is 22.2. The second-order valence-corrected chi connectivity index (χ2v) is 11.6. The molecule has 0 amide bonds. The van der Waals surface area contributed by atoms with Crippen LogP contribution in [-0.2, 0) is 38.0 Å². The smallest absolute Gasteiger partial charge is 0.311 e. The molecule has 238 valence electrons. The van der Waals surface area contributed by atoms with Gasteiger partial charge in [0.15, 0.2) is 12.1 Å². The fraction of sp³-hybridized carbons (Fsp3) is 0.719. The van der Waals surface area contributed by atoms with Gasteiger partial charge in [-0.15, -0.1) is 6.58 Å². The highest BCUT2D eigenvalue weighted by atomic mass is 16.7. The normalized spacial score (nSPS) is 41.5. The fourth-order valence-corrected chi connectivity index (χ4v) is 5.84. The van der Waals surface area contributed by atoms with Gasteiger partial charge < -0.3 is 43.4 Å². The number of fused-ring (bicyclic) bond motifs is 2. The number of carbonyl (C=O) groups excluding carboxylic acids is 1. The van der Waals surface area contributed by atoms with Crippen LogP contribution in [0.1, 0.15) is 59.3 Å². The maximum Gasteiger partial charge on any atom is 0.311 e. The molecule has 3 rings (SSSR count). The number of hydrogen-bond acceptors (Lipinski definition) is 10. The van der Waals surface area contributed by atoms with Gasteiger partial charge in [-0.05, 0) is 32.8 Å². The number of methoxy groups -OCH3 is 3. The molecule has 0 radical (unpaired) electrons. The minimum Gasteiger partial charge on any atom is -0.458 e. The lowest BCUT2D eigenvalue weighted by atomic mass is 9.84. The predicted octanol–water partition coefficient (Wildman–Crippen LogP) is 3.76. The zero-order valence-corrected chi connectivity index (χ0v) is 25.8. The van der Waals surface area contributed by atoms with Crippen LogP contribution in [-0.4, -0.2) is 98.4 Å². The van der Waals surface area contributed by atoms with Crippen molar-refractivity contribution < 1.29 is 48.2 Å². The van der Waals surface area contributed by atoms with E-state index in [1.807, 2.05) is 50.3 Å². The third-order valence-corrected chi connectivity index (χ3v) is 8.25. The third kappa shape index (κ3) is 9.30. The Bertz CT molecular complexity index is 963. The zero-order chi connectivity index (χ0) is 30.9. The van der Waals surface area contributed by atoms with E-state index in [9.17, 15) is 15.0 Å². The van der Waals surface area contributed by atoms with Crippen molar-refractivity contribution in [2.24, 2.45) is 5.92 Å². The highest BCUT2D eigenvalue weighted by Gasteiger charge is 2.51. The molecule has 11 atom stereocenters. The summed E-state index contributed by atoms with van der Waals surface area (Å²) in [5.74, 6) is -2.62. The molecule has 0 saturated carbocycles. The van der Waals surface area contributed by atoms with Crippen LogP contribution in [0.4, 0.5) is 0 Å². The van der Waals surface area contributed by atoms with Crippen molar-refractivity contribution in [1.82, 2.24) is 0 Å². The van der Waals surface area contributed by atoms with Crippen molar-refractivity contribution >= 4 is 5.97 Å². The van der Waals surface area contributed by atoms with Crippen LogP contribution in [0.2, 0.25) is 0 Å². The molecule has 0 aromatic rings. The summed E-state index contributed by atoms with van der Waals surface area (Å²) in [6.45, 7) is 9.42. The topological polar surface area (TPSA) is 122 Å². The Hall–Kier alpha value is -1.89. The summed E-state index contributed by atoms with van der Waals surface area (Å²) in [5.41, 5.74) is 1.00. The van der Waals surface area contributed by atoms with Gasteiger partial charge in [-0.1, -0.05) is 42.9 Å². The minimum absolute atomic E-state index is 0.00368. The highest BCUT2D eigenvalue weighted by molar-refractivity contribution is 5.71. The van der Waals surface area contributed by atoms with Gasteiger partial charge in [0.2, 0.25) is 0 Å². The monoisotopic (exact) mass is 594 g/mol. The molecular formula is C32H50O10. The molecule has 3 aliphatic rings. The number of unbranched alkanes of at least 4 members (excludes halogenated alkanes) is 1. The van der Waals surface area contributed by atoms with Crippen LogP contribution < -0.4 is 0 Å². The lowest BCUT2D eigenvalue weighted by molar-refractivity contribution is -0.347. The summed E-state index contributed by atoms with van der Waals surface area (Å²) < 4.78 is 41.4. The Kier molecular flexibility index (Phi) is 13.4. The van der Waals surface area contributed by atoms with E-state index in [0.29, 0.717) is 12.8 Å². The number of rotatable bonds is 10. The van der Waals surface area contributed by atoms with Crippen LogP contribution in [0, 0.1) is 5.92 Å². The van der Waals surface area contributed by atoms with E-state index in [1.54, 1.807) is 14.0 Å². The minimum atomic E-state index is -1.84. The average Bonchev–Trinajstić information content (AvgIpc) is 2.93. The van der Waals surface area contributed by atoms with Crippen molar-refractivity contribution in [3.63, 3.8) is 0 Å². The lowest BCUT2D eigenvalue weighted by Crippen LogP contribution is -2.61. The maximum absolute atomic E-state index is 13.2. The third-order valence-electron chi connectivity index (χ3n) is 8.25. The van der Waals surface area contributed by atoms with E-state index in [1.165, 1.54) is 14.2 Å². The Morgan fingerprint density at radius 2 is 1.86 bits per heavy atom. The molecule has 3 aliphatic heterocycles. The molecule has 3 heterocycles. The Labute approximate surface area is 250 Å². The summed E-state index contributed by atoms with van der Waals surface area (Å²) in [6.07, 6.45) is 8.20. The summed E-state index contributed by atoms with van der Waals surface area (Å²) in [6, 6.07) is 0. The molecule has 10 heteroatoms. The van der Waals surface area contributed by atoms with Crippen molar-refractivity contribution in [1.29, 1.82) is 0 Å². The van der Waals surface area contributed by atoms with Crippen LogP contribution >= 0.6 is 0 Å². The van der Waals surface area contributed by atoms with Gasteiger partial charge >= 0.3 is 5.97 Å². The second kappa shape index (κ2) is 16.3. The molecule has 10 nitrogen and oxygen atoms in total. The number of hydrogen-bond donors (Lipinski definition) is 2. The maximum atomic E-state index is 13.2. The summed E-state index contributed by atoms with van der Waals surface area (Å²) in [4.78, 5) is 13.2. The molecule has 2 fully saturated rings. The van der Waals surface area contributed by atoms with Gasteiger partial charge in [0.1, 0.15) is 24.4 Å². The van der Waals surface area contributed by atoms with Crippen molar-refractivity contribution in [3.05, 3.63) is 48.6 Å². The lowest BCUT2D eigenvalue weighted by Gasteiger charge is -2.48. The van der Waals surface area contributed by atoms with Crippen molar-refractivity contribution in [3.8, 4) is 0 Å². The molecule has 2 N–H and O–H groups in total. The molecule has 0 spiro atoms. The Morgan fingerprint density at radius 1 is 1.12 bits per heavy atom. The van der Waals surface area contributed by atoms with Crippen LogP contribution in [0.5, 0.6) is 0 Å².